The Kier molecular flexibility index (Phi) is 10.5. The zero-order valence-electron chi connectivity index (χ0n) is 9.79. The topological polar surface area (TPSA) is 64.4 Å². The molecule has 0 radical (unpaired) electrons. The summed E-state index contributed by atoms with van der Waals surface area (Å²) < 4.78 is 0. The molecule has 0 amide bonds. The minimum Gasteiger partial charge on any atom is -0.370 e. The molecule has 0 saturated carbocycles. The van der Waals surface area contributed by atoms with Crippen molar-refractivity contribution in [1.29, 1.82) is 0 Å². The Morgan fingerprint density at radius 3 is 2.20 bits per heavy atom. The fourth-order valence-corrected chi connectivity index (χ4v) is 0.997. The molecule has 0 bridgehead atoms. The van der Waals surface area contributed by atoms with Gasteiger partial charge in [0.15, 0.2) is 5.96 Å². The van der Waals surface area contributed by atoms with Crippen molar-refractivity contribution < 1.29 is 0 Å². The monoisotopic (exact) mass is 231 g/mol. The van der Waals surface area contributed by atoms with Crippen molar-refractivity contribution in [1.82, 2.24) is 0 Å². The predicted octanol–water partition coefficient (Wildman–Crippen LogP) is 2.37. The summed E-state index contributed by atoms with van der Waals surface area (Å²) in [5.41, 5.74) is 13.1. The van der Waals surface area contributed by atoms with Crippen LogP contribution in [0, 0.1) is 0 Å². The van der Waals surface area contributed by atoms with Gasteiger partial charge >= 0.3 is 0 Å². The number of nitrogens with two attached hydrogens (primary N) is 2. The molecule has 0 heterocycles. The first-order chi connectivity index (χ1) is 6.52. The normalized spacial score (nSPS) is 10.2. The molecule has 0 spiro atoms. The van der Waals surface area contributed by atoms with E-state index in [1.54, 1.807) is 0 Å². The van der Waals surface area contributed by atoms with Gasteiger partial charge in [-0.15, -0.1) is 12.4 Å². The highest BCUT2D eigenvalue weighted by Gasteiger charge is 1.88. The molecule has 88 valence electrons. The zero-order chi connectivity index (χ0) is 11.0. The Labute approximate surface area is 98.7 Å². The summed E-state index contributed by atoms with van der Waals surface area (Å²) in [5.74, 6) is 0.151. The maximum Gasteiger partial charge on any atom is 0.186 e. The highest BCUT2D eigenvalue weighted by atomic mass is 35.5. The van der Waals surface area contributed by atoms with Gasteiger partial charge < -0.3 is 11.5 Å². The maximum atomic E-state index is 5.21. The number of halogens is 1. The lowest BCUT2D eigenvalue weighted by Crippen LogP contribution is -2.22. The van der Waals surface area contributed by atoms with Crippen LogP contribution in [-0.2, 0) is 0 Å². The van der Waals surface area contributed by atoms with E-state index in [0.29, 0.717) is 6.54 Å². The quantitative estimate of drug-likeness (QED) is 0.434. The molecule has 15 heavy (non-hydrogen) atoms. The third-order valence-corrected chi connectivity index (χ3v) is 1.80. The van der Waals surface area contributed by atoms with E-state index in [1.807, 2.05) is 0 Å². The zero-order valence-corrected chi connectivity index (χ0v) is 10.6. The molecule has 0 aliphatic rings. The van der Waals surface area contributed by atoms with Gasteiger partial charge in [0.1, 0.15) is 0 Å². The van der Waals surface area contributed by atoms with Crippen LogP contribution in [0.5, 0.6) is 0 Å². The average Bonchev–Trinajstić information content (AvgIpc) is 2.02. The molecular weight excluding hydrogens is 210 g/mol. The second kappa shape index (κ2) is 9.59. The van der Waals surface area contributed by atoms with Crippen molar-refractivity contribution in [2.75, 3.05) is 6.54 Å². The number of allylic oxidation sites excluding steroid dienone is 3. The van der Waals surface area contributed by atoms with Crippen LogP contribution in [0.4, 0.5) is 0 Å². The van der Waals surface area contributed by atoms with E-state index in [4.69, 9.17) is 11.5 Å². The second-order valence-electron chi connectivity index (χ2n) is 3.64. The molecule has 0 unspecified atom stereocenters. The van der Waals surface area contributed by atoms with Crippen molar-refractivity contribution in [3.05, 3.63) is 23.3 Å². The van der Waals surface area contributed by atoms with Crippen LogP contribution in [0.2, 0.25) is 0 Å². The summed E-state index contributed by atoms with van der Waals surface area (Å²) in [4.78, 5) is 3.89. The van der Waals surface area contributed by atoms with Crippen LogP contribution in [0.25, 0.3) is 0 Å². The molecule has 0 rings (SSSR count). The molecular formula is C11H22ClN3. The highest BCUT2D eigenvalue weighted by molar-refractivity contribution is 5.85. The van der Waals surface area contributed by atoms with Gasteiger partial charge in [-0.05, 0) is 33.6 Å². The number of hydrogen-bond acceptors (Lipinski definition) is 1. The van der Waals surface area contributed by atoms with E-state index in [-0.39, 0.29) is 18.4 Å². The van der Waals surface area contributed by atoms with Crippen LogP contribution < -0.4 is 11.5 Å². The Bertz CT molecular complexity index is 247. The summed E-state index contributed by atoms with van der Waals surface area (Å²) in [5, 5.41) is 0. The summed E-state index contributed by atoms with van der Waals surface area (Å²) in [7, 11) is 0. The molecule has 4 heteroatoms. The minimum absolute atomic E-state index is 0. The summed E-state index contributed by atoms with van der Waals surface area (Å²) >= 11 is 0. The van der Waals surface area contributed by atoms with Crippen LogP contribution in [0.3, 0.4) is 0 Å². The summed E-state index contributed by atoms with van der Waals surface area (Å²) in [6.07, 6.45) is 6.45. The van der Waals surface area contributed by atoms with Crippen LogP contribution in [0.1, 0.15) is 33.6 Å². The molecule has 4 N–H and O–H groups in total. The van der Waals surface area contributed by atoms with Gasteiger partial charge in [0.05, 0.1) is 6.54 Å². The molecule has 0 aliphatic carbocycles. The fourth-order valence-electron chi connectivity index (χ4n) is 0.997. The molecule has 0 aromatic heterocycles. The largest absolute Gasteiger partial charge is 0.370 e. The fraction of sp³-hybridized carbons (Fsp3) is 0.545. The Morgan fingerprint density at radius 2 is 1.73 bits per heavy atom. The molecule has 3 nitrogen and oxygen atoms in total. The van der Waals surface area contributed by atoms with Gasteiger partial charge in [-0.2, -0.15) is 0 Å². The van der Waals surface area contributed by atoms with E-state index in [9.17, 15) is 0 Å². The molecule has 0 fully saturated rings. The molecule has 0 atom stereocenters. The maximum absolute atomic E-state index is 5.21. The highest BCUT2D eigenvalue weighted by Crippen LogP contribution is 2.06. The average molecular weight is 232 g/mol. The van der Waals surface area contributed by atoms with E-state index >= 15 is 0 Å². The molecule has 0 aromatic carbocycles. The lowest BCUT2D eigenvalue weighted by molar-refractivity contribution is 0.956. The number of rotatable bonds is 5. The first-order valence-electron chi connectivity index (χ1n) is 4.86. The number of guanidine groups is 1. The van der Waals surface area contributed by atoms with Crippen LogP contribution >= 0.6 is 12.4 Å². The Hall–Kier alpha value is -0.960. The number of aliphatic imine (C=N–C) groups is 1. The Balaban J connectivity index is 0. The van der Waals surface area contributed by atoms with Gasteiger partial charge in [0, 0.05) is 0 Å². The summed E-state index contributed by atoms with van der Waals surface area (Å²) in [6, 6.07) is 0. The number of hydrogen-bond donors (Lipinski definition) is 2. The van der Waals surface area contributed by atoms with E-state index in [2.05, 4.69) is 37.9 Å². The van der Waals surface area contributed by atoms with E-state index in [1.165, 1.54) is 11.1 Å². The van der Waals surface area contributed by atoms with Crippen molar-refractivity contribution in [3.8, 4) is 0 Å². The summed E-state index contributed by atoms with van der Waals surface area (Å²) in [6.45, 7) is 6.90. The van der Waals surface area contributed by atoms with Crippen molar-refractivity contribution >= 4 is 18.4 Å². The third-order valence-electron chi connectivity index (χ3n) is 1.80. The second-order valence-corrected chi connectivity index (χ2v) is 3.64. The van der Waals surface area contributed by atoms with Gasteiger partial charge in [-0.1, -0.05) is 23.3 Å². The first kappa shape index (κ1) is 16.5. The van der Waals surface area contributed by atoms with E-state index in [0.717, 1.165) is 12.8 Å². The lowest BCUT2D eigenvalue weighted by atomic mass is 10.1. The minimum atomic E-state index is 0. The van der Waals surface area contributed by atoms with Crippen LogP contribution in [0.15, 0.2) is 28.3 Å². The van der Waals surface area contributed by atoms with Crippen molar-refractivity contribution in [2.24, 2.45) is 16.5 Å². The Morgan fingerprint density at radius 1 is 1.13 bits per heavy atom. The van der Waals surface area contributed by atoms with Gasteiger partial charge in [0.2, 0.25) is 0 Å². The number of nitrogens with zero attached hydrogens (tertiary/aromatic N) is 1. The van der Waals surface area contributed by atoms with E-state index < -0.39 is 0 Å². The smallest absolute Gasteiger partial charge is 0.186 e. The SMILES string of the molecule is CC(C)=CCC/C(C)=C/CN=C(N)N.Cl. The molecule has 0 saturated heterocycles. The van der Waals surface area contributed by atoms with Crippen molar-refractivity contribution in [2.45, 2.75) is 33.6 Å². The lowest BCUT2D eigenvalue weighted by Gasteiger charge is -1.97. The standard InChI is InChI=1S/C11H21N3.ClH/c1-9(2)5-4-6-10(3)7-8-14-11(12)13;/h5,7H,4,6,8H2,1-3H3,(H4,12,13,14);1H/b10-7+;. The third kappa shape index (κ3) is 13.0. The predicted molar refractivity (Wildman–Crippen MR) is 70.3 cm³/mol. The molecule has 0 aliphatic heterocycles. The van der Waals surface area contributed by atoms with Gasteiger partial charge in [0.25, 0.3) is 0 Å². The van der Waals surface area contributed by atoms with Gasteiger partial charge in [-0.25, -0.2) is 4.99 Å². The van der Waals surface area contributed by atoms with Crippen molar-refractivity contribution in [3.63, 3.8) is 0 Å². The van der Waals surface area contributed by atoms with Gasteiger partial charge in [-0.3, -0.25) is 0 Å². The van der Waals surface area contributed by atoms with Crippen LogP contribution in [-0.4, -0.2) is 12.5 Å². The molecule has 0 aromatic rings. The first-order valence-corrected chi connectivity index (χ1v) is 4.86.